The standard InChI is InChI=1S/C21H31N5O2/c1-16-7-5-8-18-22-17(13-20(28)26(16)18)14-24-9-6-10-25(12-11-24)15-19(27)23-21(2,3)4/h5,7-8,13H,6,9-12,14-15H2,1-4H3,(H,23,27)/p+2. The van der Waals surface area contributed by atoms with E-state index in [0.717, 1.165) is 50.5 Å². The molecule has 1 fully saturated rings. The van der Waals surface area contributed by atoms with Crippen molar-refractivity contribution in [2.45, 2.75) is 46.2 Å². The lowest BCUT2D eigenvalue weighted by Gasteiger charge is -2.22. The number of fused-ring (bicyclic) bond motifs is 1. The van der Waals surface area contributed by atoms with E-state index in [1.165, 1.54) is 9.80 Å². The number of hydrogen-bond acceptors (Lipinski definition) is 3. The molecule has 2 aromatic rings. The highest BCUT2D eigenvalue weighted by atomic mass is 16.2. The summed E-state index contributed by atoms with van der Waals surface area (Å²) in [6, 6.07) is 7.40. The Kier molecular flexibility index (Phi) is 6.15. The van der Waals surface area contributed by atoms with E-state index in [1.807, 2.05) is 45.9 Å². The van der Waals surface area contributed by atoms with Gasteiger partial charge in [0.2, 0.25) is 0 Å². The van der Waals surface area contributed by atoms with Gasteiger partial charge in [-0.2, -0.15) is 0 Å². The predicted molar refractivity (Wildman–Crippen MR) is 109 cm³/mol. The van der Waals surface area contributed by atoms with Crippen LogP contribution in [0, 0.1) is 6.92 Å². The molecule has 0 aromatic carbocycles. The molecule has 7 heteroatoms. The molecule has 28 heavy (non-hydrogen) atoms. The van der Waals surface area contributed by atoms with E-state index < -0.39 is 0 Å². The molecule has 1 amide bonds. The number of rotatable bonds is 4. The summed E-state index contributed by atoms with van der Waals surface area (Å²) in [4.78, 5) is 32.2. The van der Waals surface area contributed by atoms with Crippen molar-refractivity contribution in [2.75, 3.05) is 32.7 Å². The maximum Gasteiger partial charge on any atom is 0.275 e. The minimum absolute atomic E-state index is 0.0153. The van der Waals surface area contributed by atoms with Crippen LogP contribution in [0.25, 0.3) is 5.65 Å². The van der Waals surface area contributed by atoms with Gasteiger partial charge in [0.25, 0.3) is 11.5 Å². The van der Waals surface area contributed by atoms with Gasteiger partial charge in [0.1, 0.15) is 31.0 Å². The van der Waals surface area contributed by atoms with Crippen molar-refractivity contribution in [2.24, 2.45) is 0 Å². The van der Waals surface area contributed by atoms with Crippen molar-refractivity contribution in [1.29, 1.82) is 0 Å². The lowest BCUT2D eigenvalue weighted by molar-refractivity contribution is -0.943. The van der Waals surface area contributed by atoms with Gasteiger partial charge in [-0.3, -0.25) is 14.0 Å². The van der Waals surface area contributed by atoms with E-state index >= 15 is 0 Å². The fourth-order valence-electron chi connectivity index (χ4n) is 3.95. The second-order valence-electron chi connectivity index (χ2n) is 8.95. The van der Waals surface area contributed by atoms with Crippen molar-refractivity contribution in [3.8, 4) is 0 Å². The molecule has 2 atom stereocenters. The van der Waals surface area contributed by atoms with Crippen LogP contribution in [0.1, 0.15) is 38.6 Å². The zero-order chi connectivity index (χ0) is 20.3. The molecule has 1 aliphatic rings. The number of hydrogen-bond donors (Lipinski definition) is 3. The van der Waals surface area contributed by atoms with Gasteiger partial charge < -0.3 is 15.1 Å². The molecule has 3 rings (SSSR count). The molecule has 152 valence electrons. The van der Waals surface area contributed by atoms with Gasteiger partial charge in [0, 0.05) is 23.7 Å². The minimum atomic E-state index is -0.187. The van der Waals surface area contributed by atoms with Crippen LogP contribution in [0.4, 0.5) is 0 Å². The predicted octanol–water partition coefficient (Wildman–Crippen LogP) is -1.41. The Balaban J connectivity index is 1.61. The SMILES string of the molecule is Cc1cccc2nc(C[NH+]3CCC[NH+](CC(=O)NC(C)(C)C)CC3)cc(=O)n12. The molecular weight excluding hydrogens is 354 g/mol. The summed E-state index contributed by atoms with van der Waals surface area (Å²) >= 11 is 0. The molecule has 3 N–H and O–H groups in total. The Bertz CT molecular complexity index is 900. The van der Waals surface area contributed by atoms with E-state index in [-0.39, 0.29) is 17.0 Å². The van der Waals surface area contributed by atoms with Crippen LogP contribution in [0.3, 0.4) is 0 Å². The van der Waals surface area contributed by atoms with E-state index in [0.29, 0.717) is 12.2 Å². The topological polar surface area (TPSA) is 72.3 Å². The molecular formula is C21H33N5O2+2. The molecule has 0 saturated carbocycles. The summed E-state index contributed by atoms with van der Waals surface area (Å²) in [5.74, 6) is 0.116. The van der Waals surface area contributed by atoms with Gasteiger partial charge in [-0.1, -0.05) is 6.07 Å². The first-order valence-electron chi connectivity index (χ1n) is 10.2. The fourth-order valence-corrected chi connectivity index (χ4v) is 3.95. The normalized spacial score (nSPS) is 20.7. The first kappa shape index (κ1) is 20.5. The average molecular weight is 388 g/mol. The third-order valence-electron chi connectivity index (χ3n) is 5.18. The second-order valence-corrected chi connectivity index (χ2v) is 8.95. The first-order chi connectivity index (χ1) is 13.2. The summed E-state index contributed by atoms with van der Waals surface area (Å²) in [5.41, 5.74) is 2.26. The van der Waals surface area contributed by atoms with Crippen molar-refractivity contribution in [3.63, 3.8) is 0 Å². The molecule has 1 saturated heterocycles. The van der Waals surface area contributed by atoms with Crippen LogP contribution in [0.2, 0.25) is 0 Å². The first-order valence-corrected chi connectivity index (χ1v) is 10.2. The number of amides is 1. The van der Waals surface area contributed by atoms with Crippen LogP contribution >= 0.6 is 0 Å². The van der Waals surface area contributed by atoms with Gasteiger partial charge >= 0.3 is 0 Å². The molecule has 0 radical (unpaired) electrons. The number of aryl methyl sites for hydroxylation is 1. The average Bonchev–Trinajstić information content (AvgIpc) is 2.78. The van der Waals surface area contributed by atoms with Gasteiger partial charge in [0.15, 0.2) is 6.54 Å². The van der Waals surface area contributed by atoms with E-state index in [1.54, 1.807) is 10.5 Å². The third-order valence-corrected chi connectivity index (χ3v) is 5.18. The smallest absolute Gasteiger partial charge is 0.275 e. The Labute approximate surface area is 166 Å². The number of aromatic nitrogens is 2. The highest BCUT2D eigenvalue weighted by Gasteiger charge is 2.24. The van der Waals surface area contributed by atoms with Crippen molar-refractivity contribution < 1.29 is 14.6 Å². The summed E-state index contributed by atoms with van der Waals surface area (Å²) in [7, 11) is 0. The Morgan fingerprint density at radius 1 is 1.18 bits per heavy atom. The van der Waals surface area contributed by atoms with Crippen LogP contribution in [0.5, 0.6) is 0 Å². The van der Waals surface area contributed by atoms with E-state index in [9.17, 15) is 9.59 Å². The summed E-state index contributed by atoms with van der Waals surface area (Å²) in [6.07, 6.45) is 1.07. The number of carbonyl (C=O) groups is 1. The molecule has 0 aliphatic carbocycles. The maximum absolute atomic E-state index is 12.5. The summed E-state index contributed by atoms with van der Waals surface area (Å²) < 4.78 is 1.65. The van der Waals surface area contributed by atoms with Crippen LogP contribution < -0.4 is 20.7 Å². The van der Waals surface area contributed by atoms with Crippen molar-refractivity contribution in [3.05, 3.63) is 46.0 Å². The number of quaternary nitrogens is 2. The zero-order valence-corrected chi connectivity index (χ0v) is 17.5. The molecule has 0 spiro atoms. The van der Waals surface area contributed by atoms with E-state index in [4.69, 9.17) is 4.98 Å². The van der Waals surface area contributed by atoms with Gasteiger partial charge in [-0.15, -0.1) is 0 Å². The molecule has 0 bridgehead atoms. The van der Waals surface area contributed by atoms with Crippen molar-refractivity contribution >= 4 is 11.6 Å². The molecule has 2 unspecified atom stereocenters. The number of carbonyl (C=O) groups excluding carboxylic acids is 1. The van der Waals surface area contributed by atoms with Gasteiger partial charge in [-0.05, 0) is 39.8 Å². The highest BCUT2D eigenvalue weighted by molar-refractivity contribution is 5.77. The lowest BCUT2D eigenvalue weighted by atomic mass is 10.1. The Morgan fingerprint density at radius 3 is 2.64 bits per heavy atom. The molecule has 1 aliphatic heterocycles. The Hall–Kier alpha value is -2.25. The number of nitrogens with one attached hydrogen (secondary N) is 3. The number of pyridine rings is 1. The van der Waals surface area contributed by atoms with Gasteiger partial charge in [0.05, 0.1) is 13.1 Å². The van der Waals surface area contributed by atoms with Crippen LogP contribution in [-0.2, 0) is 11.3 Å². The van der Waals surface area contributed by atoms with Crippen LogP contribution in [-0.4, -0.2) is 53.6 Å². The largest absolute Gasteiger partial charge is 0.347 e. The van der Waals surface area contributed by atoms with Crippen LogP contribution in [0.15, 0.2) is 29.1 Å². The molecule has 3 heterocycles. The second kappa shape index (κ2) is 8.41. The highest BCUT2D eigenvalue weighted by Crippen LogP contribution is 2.02. The monoisotopic (exact) mass is 387 g/mol. The Morgan fingerprint density at radius 2 is 1.89 bits per heavy atom. The summed E-state index contributed by atoms with van der Waals surface area (Å²) in [6.45, 7) is 13.2. The maximum atomic E-state index is 12.5. The fraction of sp³-hybridized carbons (Fsp3) is 0.571. The lowest BCUT2D eigenvalue weighted by Crippen LogP contribution is -3.17. The zero-order valence-electron chi connectivity index (χ0n) is 17.5. The third kappa shape index (κ3) is 5.39. The summed E-state index contributed by atoms with van der Waals surface area (Å²) in [5, 5.41) is 3.05. The minimum Gasteiger partial charge on any atom is -0.347 e. The van der Waals surface area contributed by atoms with E-state index in [2.05, 4.69) is 5.32 Å². The van der Waals surface area contributed by atoms with Crippen molar-refractivity contribution in [1.82, 2.24) is 14.7 Å². The quantitative estimate of drug-likeness (QED) is 0.604. The molecule has 7 nitrogen and oxygen atoms in total. The molecule has 2 aromatic heterocycles. The number of nitrogens with zero attached hydrogens (tertiary/aromatic N) is 2. The van der Waals surface area contributed by atoms with Gasteiger partial charge in [-0.25, -0.2) is 4.98 Å².